The first-order chi connectivity index (χ1) is 9.93. The van der Waals surface area contributed by atoms with E-state index in [1.54, 1.807) is 24.3 Å². The van der Waals surface area contributed by atoms with E-state index in [0.717, 1.165) is 11.6 Å². The number of carbonyl (C=O) groups is 1. The van der Waals surface area contributed by atoms with Gasteiger partial charge in [0.05, 0.1) is 0 Å². The number of aliphatic hydroxyl groups is 3. The second kappa shape index (κ2) is 5.95. The van der Waals surface area contributed by atoms with Gasteiger partial charge in [-0.15, -0.1) is 0 Å². The fourth-order valence-electron chi connectivity index (χ4n) is 2.10. The van der Waals surface area contributed by atoms with Crippen LogP contribution >= 0.6 is 0 Å². The number of hydrogen-bond acceptors (Lipinski definition) is 5. The van der Waals surface area contributed by atoms with Crippen LogP contribution in [0.4, 0.5) is 0 Å². The van der Waals surface area contributed by atoms with Gasteiger partial charge in [-0.1, -0.05) is 24.3 Å². The van der Waals surface area contributed by atoms with Gasteiger partial charge >= 0.3 is 0 Å². The van der Waals surface area contributed by atoms with Gasteiger partial charge in [-0.05, 0) is 35.4 Å². The van der Waals surface area contributed by atoms with Crippen LogP contribution in [-0.4, -0.2) is 38.4 Å². The first-order valence-corrected chi connectivity index (χ1v) is 6.39. The Bertz CT molecular complexity index is 625. The SMILES string of the molecule is O=C(CO)C1(O)C=C(O)C=C(C=Cc2ccc(O)cc2)C1. The molecule has 5 nitrogen and oxygen atoms in total. The van der Waals surface area contributed by atoms with Gasteiger partial charge in [-0.3, -0.25) is 4.79 Å². The Morgan fingerprint density at radius 3 is 2.48 bits per heavy atom. The molecule has 4 N–H and O–H groups in total. The second-order valence-corrected chi connectivity index (χ2v) is 4.90. The molecule has 0 saturated carbocycles. The van der Waals surface area contributed by atoms with Crippen LogP contribution < -0.4 is 0 Å². The molecular formula is C16H16O5. The third kappa shape index (κ3) is 3.59. The zero-order valence-electron chi connectivity index (χ0n) is 11.2. The van der Waals surface area contributed by atoms with E-state index in [1.165, 1.54) is 18.2 Å². The minimum atomic E-state index is -1.89. The number of phenols is 1. The first kappa shape index (κ1) is 15.0. The predicted octanol–water partition coefficient (Wildman–Crippen LogP) is 1.47. The lowest BCUT2D eigenvalue weighted by molar-refractivity contribution is -0.136. The second-order valence-electron chi connectivity index (χ2n) is 4.90. The van der Waals surface area contributed by atoms with Gasteiger partial charge in [-0.2, -0.15) is 0 Å². The van der Waals surface area contributed by atoms with Gasteiger partial charge < -0.3 is 20.4 Å². The van der Waals surface area contributed by atoms with Crippen molar-refractivity contribution in [3.05, 3.63) is 59.4 Å². The molecule has 1 aliphatic carbocycles. The maximum atomic E-state index is 11.6. The summed E-state index contributed by atoms with van der Waals surface area (Å²) in [6.45, 7) is -0.796. The molecule has 1 aliphatic rings. The standard InChI is InChI=1S/C16H16O5/c17-10-15(20)16(21)8-12(7-14(19)9-16)2-1-11-3-5-13(18)6-4-11/h1-7,9,17-19,21H,8,10H2. The normalized spacial score (nSPS) is 22.0. The van der Waals surface area contributed by atoms with Crippen molar-refractivity contribution in [2.75, 3.05) is 6.61 Å². The van der Waals surface area contributed by atoms with Gasteiger partial charge in [0.2, 0.25) is 0 Å². The van der Waals surface area contributed by atoms with Crippen LogP contribution in [-0.2, 0) is 4.79 Å². The van der Waals surface area contributed by atoms with Crippen molar-refractivity contribution in [2.45, 2.75) is 12.0 Å². The van der Waals surface area contributed by atoms with E-state index >= 15 is 0 Å². The number of aromatic hydroxyl groups is 1. The third-order valence-electron chi connectivity index (χ3n) is 3.20. The highest BCUT2D eigenvalue weighted by molar-refractivity contribution is 5.91. The Morgan fingerprint density at radius 1 is 1.19 bits per heavy atom. The van der Waals surface area contributed by atoms with E-state index in [2.05, 4.69) is 0 Å². The summed E-state index contributed by atoms with van der Waals surface area (Å²) in [5, 5.41) is 37.8. The molecule has 21 heavy (non-hydrogen) atoms. The largest absolute Gasteiger partial charge is 0.508 e. The van der Waals surface area contributed by atoms with Crippen LogP contribution in [0.1, 0.15) is 12.0 Å². The topological polar surface area (TPSA) is 98.0 Å². The average molecular weight is 288 g/mol. The number of allylic oxidation sites excluding steroid dienone is 2. The average Bonchev–Trinajstić information content (AvgIpc) is 2.45. The van der Waals surface area contributed by atoms with Crippen molar-refractivity contribution < 1.29 is 25.2 Å². The quantitative estimate of drug-likeness (QED) is 0.672. The summed E-state index contributed by atoms with van der Waals surface area (Å²) in [5.41, 5.74) is -0.519. The lowest BCUT2D eigenvalue weighted by Crippen LogP contribution is -2.40. The molecule has 1 unspecified atom stereocenters. The summed E-state index contributed by atoms with van der Waals surface area (Å²) in [6, 6.07) is 6.49. The molecule has 2 rings (SSSR count). The fourth-order valence-corrected chi connectivity index (χ4v) is 2.10. The summed E-state index contributed by atoms with van der Waals surface area (Å²) in [6.07, 6.45) is 5.84. The van der Waals surface area contributed by atoms with Gasteiger partial charge in [0.1, 0.15) is 18.1 Å². The molecule has 1 aromatic carbocycles. The molecule has 0 spiro atoms. The van der Waals surface area contributed by atoms with Crippen LogP contribution in [0.2, 0.25) is 0 Å². The number of ketones is 1. The summed E-state index contributed by atoms with van der Waals surface area (Å²) in [4.78, 5) is 11.6. The van der Waals surface area contributed by atoms with Crippen LogP contribution in [0.25, 0.3) is 6.08 Å². The van der Waals surface area contributed by atoms with E-state index < -0.39 is 18.0 Å². The molecule has 0 bridgehead atoms. The molecular weight excluding hydrogens is 272 g/mol. The lowest BCUT2D eigenvalue weighted by Gasteiger charge is -2.26. The molecule has 0 aliphatic heterocycles. The molecule has 0 saturated heterocycles. The van der Waals surface area contributed by atoms with E-state index in [-0.39, 0.29) is 17.9 Å². The summed E-state index contributed by atoms with van der Waals surface area (Å²) >= 11 is 0. The molecule has 1 aromatic rings. The minimum Gasteiger partial charge on any atom is -0.508 e. The van der Waals surface area contributed by atoms with E-state index in [1.807, 2.05) is 0 Å². The monoisotopic (exact) mass is 288 g/mol. The molecule has 1 atom stereocenters. The van der Waals surface area contributed by atoms with Gasteiger partial charge in [0.15, 0.2) is 11.4 Å². The number of rotatable bonds is 4. The van der Waals surface area contributed by atoms with Crippen molar-refractivity contribution in [2.24, 2.45) is 0 Å². The number of aliphatic hydroxyl groups excluding tert-OH is 2. The summed E-state index contributed by atoms with van der Waals surface area (Å²) < 4.78 is 0. The van der Waals surface area contributed by atoms with Crippen molar-refractivity contribution >= 4 is 11.9 Å². The zero-order valence-corrected chi connectivity index (χ0v) is 11.2. The highest BCUT2D eigenvalue weighted by atomic mass is 16.3. The fraction of sp³-hybridized carbons (Fsp3) is 0.188. The van der Waals surface area contributed by atoms with Crippen LogP contribution in [0.3, 0.4) is 0 Å². The summed E-state index contributed by atoms with van der Waals surface area (Å²) in [7, 11) is 0. The van der Waals surface area contributed by atoms with E-state index in [4.69, 9.17) is 5.11 Å². The van der Waals surface area contributed by atoms with Crippen molar-refractivity contribution in [3.8, 4) is 5.75 Å². The first-order valence-electron chi connectivity index (χ1n) is 6.39. The Balaban J connectivity index is 2.19. The zero-order chi connectivity index (χ0) is 15.5. The Kier molecular flexibility index (Phi) is 4.26. The van der Waals surface area contributed by atoms with Crippen molar-refractivity contribution in [3.63, 3.8) is 0 Å². The van der Waals surface area contributed by atoms with Crippen LogP contribution in [0.5, 0.6) is 5.75 Å². The molecule has 5 heteroatoms. The van der Waals surface area contributed by atoms with E-state index in [9.17, 15) is 20.1 Å². The van der Waals surface area contributed by atoms with E-state index in [0.29, 0.717) is 5.57 Å². The highest BCUT2D eigenvalue weighted by Crippen LogP contribution is 2.28. The smallest absolute Gasteiger partial charge is 0.193 e. The van der Waals surface area contributed by atoms with Crippen molar-refractivity contribution in [1.82, 2.24) is 0 Å². The van der Waals surface area contributed by atoms with Gasteiger partial charge in [0, 0.05) is 6.42 Å². The number of carbonyl (C=O) groups excluding carboxylic acids is 1. The molecule has 0 aromatic heterocycles. The van der Waals surface area contributed by atoms with Crippen molar-refractivity contribution in [1.29, 1.82) is 0 Å². The Morgan fingerprint density at radius 2 is 1.86 bits per heavy atom. The number of benzene rings is 1. The number of Topliss-reactive ketones (excluding diaryl/α,β-unsaturated/α-hetero) is 1. The van der Waals surface area contributed by atoms with Gasteiger partial charge in [-0.25, -0.2) is 0 Å². The molecule has 0 amide bonds. The number of phenolic OH excluding ortho intramolecular Hbond substituents is 1. The molecule has 0 fully saturated rings. The molecule has 0 heterocycles. The maximum Gasteiger partial charge on any atom is 0.193 e. The predicted molar refractivity (Wildman–Crippen MR) is 77.6 cm³/mol. The maximum absolute atomic E-state index is 11.6. The van der Waals surface area contributed by atoms with Crippen LogP contribution in [0.15, 0.2) is 53.8 Å². The summed E-state index contributed by atoms with van der Waals surface area (Å²) in [5.74, 6) is -0.832. The molecule has 110 valence electrons. The Labute approximate surface area is 121 Å². The Hall–Kier alpha value is -2.37. The van der Waals surface area contributed by atoms with Crippen LogP contribution in [0, 0.1) is 0 Å². The van der Waals surface area contributed by atoms with Gasteiger partial charge in [0.25, 0.3) is 0 Å². The number of hydrogen-bond donors (Lipinski definition) is 4. The third-order valence-corrected chi connectivity index (χ3v) is 3.20. The minimum absolute atomic E-state index is 0.0228. The lowest BCUT2D eigenvalue weighted by atomic mass is 9.85. The molecule has 0 radical (unpaired) electrons. The highest BCUT2D eigenvalue weighted by Gasteiger charge is 2.36.